The quantitative estimate of drug-likeness (QED) is 0.137. The third kappa shape index (κ3) is 24.3. The van der Waals surface area contributed by atoms with Crippen LogP contribution >= 0.6 is 23.5 Å². The summed E-state index contributed by atoms with van der Waals surface area (Å²) in [6, 6.07) is 5.14. The Kier molecular flexibility index (Phi) is 26.1. The summed E-state index contributed by atoms with van der Waals surface area (Å²) in [7, 11) is 0. The number of amides is 5. The molecule has 40 heavy (non-hydrogen) atoms. The van der Waals surface area contributed by atoms with E-state index in [4.69, 9.17) is 0 Å². The topological polar surface area (TPSA) is 146 Å². The van der Waals surface area contributed by atoms with Gasteiger partial charge in [-0.25, -0.2) is 0 Å². The highest BCUT2D eigenvalue weighted by molar-refractivity contribution is 8.00. The number of hydrogen-bond donors (Lipinski definition) is 5. The molecule has 5 N–H and O–H groups in total. The van der Waals surface area contributed by atoms with E-state index >= 15 is 0 Å². The molecule has 0 fully saturated rings. The van der Waals surface area contributed by atoms with E-state index in [9.17, 15) is 24.0 Å². The molecule has 0 aliphatic carbocycles. The van der Waals surface area contributed by atoms with Crippen molar-refractivity contribution >= 4 is 54.1 Å². The van der Waals surface area contributed by atoms with Gasteiger partial charge in [-0.3, -0.25) is 24.0 Å². The third-order valence-electron chi connectivity index (χ3n) is 4.18. The lowest BCUT2D eigenvalue weighted by Gasteiger charge is -2.11. The minimum atomic E-state index is -0.308. The maximum absolute atomic E-state index is 12.5. The number of benzene rings is 1. The molecule has 0 radical (unpaired) electrons. The van der Waals surface area contributed by atoms with Crippen molar-refractivity contribution in [2.75, 3.05) is 42.6 Å². The Labute approximate surface area is 248 Å². The second kappa shape index (κ2) is 26.5. The fourth-order valence-electron chi connectivity index (χ4n) is 2.59. The largest absolute Gasteiger partial charge is 0.357 e. The van der Waals surface area contributed by atoms with Crippen molar-refractivity contribution in [3.8, 4) is 0 Å². The van der Waals surface area contributed by atoms with Crippen molar-refractivity contribution in [3.63, 3.8) is 0 Å². The zero-order valence-corrected chi connectivity index (χ0v) is 26.7. The molecule has 0 saturated carbocycles. The smallest absolute Gasteiger partial charge is 0.251 e. The van der Waals surface area contributed by atoms with Gasteiger partial charge in [0.05, 0.1) is 5.75 Å². The summed E-state index contributed by atoms with van der Waals surface area (Å²) in [4.78, 5) is 56.5. The summed E-state index contributed by atoms with van der Waals surface area (Å²) in [5, 5.41) is 13.4. The first kappa shape index (κ1) is 39.4. The van der Waals surface area contributed by atoms with Gasteiger partial charge < -0.3 is 26.6 Å². The number of rotatable bonds is 17. The summed E-state index contributed by atoms with van der Waals surface area (Å²) in [6.45, 7) is 16.0. The standard InChI is InChI=1S/C20H30N4O4S2.C4H9NO.C4H10/c1-3-22-18(26)13-30-8-6-24-20(28)17-10-15(12-21-14-25)9-16(11-17)19(27)23-5-7-29-4-2;1-4(2)5-3-6;1-4(2)3/h9-11,14H,3-8,12-13H2,1-2H3,(H,21,25)(H,22,26)(H,23,27)(H,24,28);3-4H,1-2H3,(H,5,6);4H,1-3H3. The van der Waals surface area contributed by atoms with Crippen LogP contribution in [0.1, 0.15) is 74.7 Å². The van der Waals surface area contributed by atoms with Gasteiger partial charge in [-0.05, 0) is 56.2 Å². The van der Waals surface area contributed by atoms with Crippen LogP contribution in [-0.4, -0.2) is 79.2 Å². The number of hydrogen-bond acceptors (Lipinski definition) is 7. The molecule has 0 aromatic heterocycles. The van der Waals surface area contributed by atoms with Crippen LogP contribution in [0.25, 0.3) is 0 Å². The molecular formula is C28H49N5O5S2. The fraction of sp³-hybridized carbons (Fsp3) is 0.607. The Hall–Kier alpha value is -2.73. The van der Waals surface area contributed by atoms with Crippen molar-refractivity contribution in [1.29, 1.82) is 0 Å². The molecule has 1 aromatic carbocycles. The highest BCUT2D eigenvalue weighted by Gasteiger charge is 2.13. The third-order valence-corrected chi connectivity index (χ3v) is 6.04. The van der Waals surface area contributed by atoms with E-state index in [2.05, 4.69) is 54.3 Å². The number of carbonyl (C=O) groups excluding carboxylic acids is 5. The second-order valence-corrected chi connectivity index (χ2v) is 11.8. The van der Waals surface area contributed by atoms with Crippen molar-refractivity contribution in [2.45, 2.75) is 61.1 Å². The van der Waals surface area contributed by atoms with Gasteiger partial charge in [0.15, 0.2) is 0 Å². The van der Waals surface area contributed by atoms with Gasteiger partial charge in [-0.1, -0.05) is 27.7 Å². The molecule has 5 amide bonds. The van der Waals surface area contributed by atoms with Crippen LogP contribution < -0.4 is 26.6 Å². The van der Waals surface area contributed by atoms with Crippen molar-refractivity contribution in [3.05, 3.63) is 34.9 Å². The molecule has 0 spiro atoms. The van der Waals surface area contributed by atoms with Crippen molar-refractivity contribution < 1.29 is 24.0 Å². The number of carbonyl (C=O) groups is 5. The molecule has 1 aromatic rings. The zero-order valence-electron chi connectivity index (χ0n) is 25.1. The Balaban J connectivity index is 0. The first-order valence-electron chi connectivity index (χ1n) is 13.5. The molecule has 0 atom stereocenters. The minimum absolute atomic E-state index is 0.0304. The van der Waals surface area contributed by atoms with Crippen LogP contribution in [0, 0.1) is 5.92 Å². The average Bonchev–Trinajstić information content (AvgIpc) is 2.89. The maximum atomic E-state index is 12.5. The van der Waals surface area contributed by atoms with Gasteiger partial charge in [-0.2, -0.15) is 23.5 Å². The van der Waals surface area contributed by atoms with Gasteiger partial charge >= 0.3 is 0 Å². The molecule has 0 unspecified atom stereocenters. The summed E-state index contributed by atoms with van der Waals surface area (Å²) >= 11 is 3.16. The highest BCUT2D eigenvalue weighted by Crippen LogP contribution is 2.12. The summed E-state index contributed by atoms with van der Waals surface area (Å²) in [6.07, 6.45) is 1.27. The Morgan fingerprint density at radius 2 is 1.32 bits per heavy atom. The molecule has 0 aliphatic rings. The second-order valence-electron chi connectivity index (χ2n) is 9.30. The highest BCUT2D eigenvalue weighted by atomic mass is 32.2. The predicted octanol–water partition coefficient (Wildman–Crippen LogP) is 2.82. The predicted molar refractivity (Wildman–Crippen MR) is 168 cm³/mol. The average molecular weight is 600 g/mol. The molecule has 0 heterocycles. The Morgan fingerprint density at radius 1 is 0.800 bits per heavy atom. The Bertz CT molecular complexity index is 867. The van der Waals surface area contributed by atoms with E-state index in [1.807, 2.05) is 20.8 Å². The molecular weight excluding hydrogens is 550 g/mol. The zero-order chi connectivity index (χ0) is 30.8. The molecule has 12 heteroatoms. The lowest BCUT2D eigenvalue weighted by atomic mass is 10.0. The van der Waals surface area contributed by atoms with Gasteiger partial charge in [0.2, 0.25) is 18.7 Å². The van der Waals surface area contributed by atoms with Crippen LogP contribution in [0.4, 0.5) is 0 Å². The van der Waals surface area contributed by atoms with Crippen LogP contribution in [0.5, 0.6) is 0 Å². The molecule has 1 rings (SSSR count). The maximum Gasteiger partial charge on any atom is 0.251 e. The SMILES string of the molecule is CC(C)C.CC(C)NC=O.CCNC(=O)CSCCNC(=O)c1cc(CNC=O)cc(C(=O)NCCSCC)c1. The lowest BCUT2D eigenvalue weighted by Crippen LogP contribution is -2.29. The van der Waals surface area contributed by atoms with Gasteiger partial charge in [0, 0.05) is 54.9 Å². The fourth-order valence-corrected chi connectivity index (χ4v) is 3.80. The first-order valence-corrected chi connectivity index (χ1v) is 15.8. The lowest BCUT2D eigenvalue weighted by molar-refractivity contribution is -0.118. The van der Waals surface area contributed by atoms with Gasteiger partial charge in [-0.15, -0.1) is 0 Å². The number of nitrogens with one attached hydrogen (secondary N) is 5. The Morgan fingerprint density at radius 3 is 1.73 bits per heavy atom. The normalized spacial score (nSPS) is 9.82. The summed E-state index contributed by atoms with van der Waals surface area (Å²) < 4.78 is 0. The van der Waals surface area contributed by atoms with Crippen LogP contribution in [0.3, 0.4) is 0 Å². The summed E-state index contributed by atoms with van der Waals surface area (Å²) in [5.41, 5.74) is 1.38. The van der Waals surface area contributed by atoms with E-state index in [1.165, 1.54) is 11.8 Å². The van der Waals surface area contributed by atoms with E-state index < -0.39 is 0 Å². The molecule has 0 bridgehead atoms. The van der Waals surface area contributed by atoms with Crippen LogP contribution in [0.2, 0.25) is 0 Å². The molecule has 0 aliphatic heterocycles. The number of thioether (sulfide) groups is 2. The van der Waals surface area contributed by atoms with E-state index in [-0.39, 0.29) is 30.3 Å². The van der Waals surface area contributed by atoms with Crippen LogP contribution in [-0.2, 0) is 20.9 Å². The van der Waals surface area contributed by atoms with Gasteiger partial charge in [0.25, 0.3) is 11.8 Å². The van der Waals surface area contributed by atoms with Crippen molar-refractivity contribution in [1.82, 2.24) is 26.6 Å². The minimum Gasteiger partial charge on any atom is -0.357 e. The van der Waals surface area contributed by atoms with Crippen LogP contribution in [0.15, 0.2) is 18.2 Å². The van der Waals surface area contributed by atoms with E-state index in [0.717, 1.165) is 17.4 Å². The van der Waals surface area contributed by atoms with E-state index in [1.54, 1.807) is 30.0 Å². The monoisotopic (exact) mass is 599 g/mol. The summed E-state index contributed by atoms with van der Waals surface area (Å²) in [5.74, 6) is 2.97. The van der Waals surface area contributed by atoms with Gasteiger partial charge in [0.1, 0.15) is 0 Å². The molecule has 0 saturated heterocycles. The van der Waals surface area contributed by atoms with E-state index in [0.29, 0.717) is 60.7 Å². The first-order chi connectivity index (χ1) is 19.0. The molecule has 228 valence electrons. The molecule has 10 nitrogen and oxygen atoms in total. The van der Waals surface area contributed by atoms with Crippen molar-refractivity contribution in [2.24, 2.45) is 5.92 Å².